The average Bonchev–Trinajstić information content (AvgIpc) is 2.83. The van der Waals surface area contributed by atoms with Gasteiger partial charge in [-0.2, -0.15) is 0 Å². The summed E-state index contributed by atoms with van der Waals surface area (Å²) in [5, 5.41) is 5.77. The zero-order valence-corrected chi connectivity index (χ0v) is 25.1. The summed E-state index contributed by atoms with van der Waals surface area (Å²) in [7, 11) is 0. The van der Waals surface area contributed by atoms with Gasteiger partial charge < -0.3 is 26.0 Å². The molecule has 10 heteroatoms. The lowest BCUT2D eigenvalue weighted by atomic mass is 9.95. The predicted octanol–water partition coefficient (Wildman–Crippen LogP) is 5.34. The highest BCUT2D eigenvalue weighted by atomic mass is 35.5. The van der Waals surface area contributed by atoms with Crippen LogP contribution in [0.3, 0.4) is 0 Å². The molecule has 40 heavy (non-hydrogen) atoms. The first-order valence-corrected chi connectivity index (χ1v) is 13.7. The number of alkyl carbamates (subject to hydrolysis) is 1. The number of unbranched alkanes of at least 4 members (excludes halogenated alkanes) is 1. The first-order valence-electron chi connectivity index (χ1n) is 13.4. The number of ether oxygens (including phenoxy) is 1. The van der Waals surface area contributed by atoms with E-state index in [9.17, 15) is 19.2 Å². The van der Waals surface area contributed by atoms with Gasteiger partial charge in [0.25, 0.3) is 5.91 Å². The van der Waals surface area contributed by atoms with Crippen molar-refractivity contribution in [2.24, 2.45) is 5.73 Å². The molecule has 2 aromatic carbocycles. The van der Waals surface area contributed by atoms with Crippen molar-refractivity contribution in [1.82, 2.24) is 10.2 Å². The molecule has 4 N–H and O–H groups in total. The highest BCUT2D eigenvalue weighted by Crippen LogP contribution is 2.31. The van der Waals surface area contributed by atoms with Gasteiger partial charge in [-0.05, 0) is 70.7 Å². The Balaban J connectivity index is 2.64. The Morgan fingerprint density at radius 1 is 1.05 bits per heavy atom. The van der Waals surface area contributed by atoms with Crippen LogP contribution in [0.15, 0.2) is 36.4 Å². The summed E-state index contributed by atoms with van der Waals surface area (Å²) < 4.78 is 5.33. The van der Waals surface area contributed by atoms with Gasteiger partial charge in [-0.3, -0.25) is 14.4 Å². The Labute approximate surface area is 241 Å². The van der Waals surface area contributed by atoms with Gasteiger partial charge >= 0.3 is 6.09 Å². The summed E-state index contributed by atoms with van der Waals surface area (Å²) in [5.41, 5.74) is 8.13. The number of nitrogens with zero attached hydrogens (tertiary/aromatic N) is 1. The van der Waals surface area contributed by atoms with Gasteiger partial charge in [-0.15, -0.1) is 0 Å². The van der Waals surface area contributed by atoms with Gasteiger partial charge in [0.1, 0.15) is 17.7 Å². The van der Waals surface area contributed by atoms with E-state index in [1.54, 1.807) is 32.9 Å². The van der Waals surface area contributed by atoms with Crippen molar-refractivity contribution >= 4 is 41.1 Å². The number of nitrogens with one attached hydrogen (secondary N) is 2. The number of anilines is 1. The quantitative estimate of drug-likeness (QED) is 0.334. The van der Waals surface area contributed by atoms with Crippen LogP contribution in [0.25, 0.3) is 0 Å². The molecule has 0 aliphatic heterocycles. The van der Waals surface area contributed by atoms with E-state index in [4.69, 9.17) is 22.1 Å². The van der Waals surface area contributed by atoms with Crippen LogP contribution in [-0.4, -0.2) is 46.9 Å². The standard InChI is InChI=1S/C30H41ClN4O5/c1-8-9-15-35(28(38)23(17-24(32)36)33-29(39)40-30(5,6)7)26(21-16-18(2)13-14-19(21)3)27(37)34-25-20(4)11-10-12-22(25)31/h10-14,16,23,26H,8-9,15,17H2,1-7H3,(H2,32,36)(H,33,39)(H,34,37). The zero-order valence-electron chi connectivity index (χ0n) is 24.4. The Morgan fingerprint density at radius 2 is 1.73 bits per heavy atom. The normalized spacial score (nSPS) is 12.7. The van der Waals surface area contributed by atoms with Crippen LogP contribution in [0.2, 0.25) is 5.02 Å². The molecule has 218 valence electrons. The van der Waals surface area contributed by atoms with Crippen molar-refractivity contribution in [2.45, 2.75) is 85.4 Å². The summed E-state index contributed by atoms with van der Waals surface area (Å²) >= 11 is 6.42. The molecule has 0 heterocycles. The molecule has 9 nitrogen and oxygen atoms in total. The lowest BCUT2D eigenvalue weighted by Gasteiger charge is -2.35. The predicted molar refractivity (Wildman–Crippen MR) is 157 cm³/mol. The van der Waals surface area contributed by atoms with Gasteiger partial charge in [0.15, 0.2) is 0 Å². The van der Waals surface area contributed by atoms with E-state index in [2.05, 4.69) is 10.6 Å². The third-order valence-electron chi connectivity index (χ3n) is 6.19. The fourth-order valence-electron chi connectivity index (χ4n) is 4.23. The Kier molecular flexibility index (Phi) is 11.5. The minimum atomic E-state index is -1.34. The third kappa shape index (κ3) is 9.26. The van der Waals surface area contributed by atoms with E-state index < -0.39 is 47.9 Å². The number of carbonyl (C=O) groups is 4. The van der Waals surface area contributed by atoms with Gasteiger partial charge in [0, 0.05) is 6.54 Å². The minimum Gasteiger partial charge on any atom is -0.444 e. The maximum Gasteiger partial charge on any atom is 0.408 e. The van der Waals surface area contributed by atoms with Crippen LogP contribution in [-0.2, 0) is 19.1 Å². The van der Waals surface area contributed by atoms with Gasteiger partial charge in [0.2, 0.25) is 11.8 Å². The highest BCUT2D eigenvalue weighted by Gasteiger charge is 2.37. The number of para-hydroxylation sites is 1. The molecular weight excluding hydrogens is 532 g/mol. The van der Waals surface area contributed by atoms with Crippen LogP contribution < -0.4 is 16.4 Å². The summed E-state index contributed by atoms with van der Waals surface area (Å²) in [6.45, 7) is 12.8. The lowest BCUT2D eigenvalue weighted by molar-refractivity contribution is -0.142. The number of carbonyl (C=O) groups excluding carboxylic acids is 4. The maximum atomic E-state index is 14.1. The largest absolute Gasteiger partial charge is 0.444 e. The van der Waals surface area contributed by atoms with E-state index in [1.807, 2.05) is 52.0 Å². The third-order valence-corrected chi connectivity index (χ3v) is 6.50. The Bertz CT molecular complexity index is 1220. The Morgan fingerprint density at radius 3 is 2.30 bits per heavy atom. The zero-order chi connectivity index (χ0) is 30.2. The lowest BCUT2D eigenvalue weighted by Crippen LogP contribution is -2.53. The van der Waals surface area contributed by atoms with Crippen LogP contribution in [0.1, 0.15) is 75.3 Å². The fraction of sp³-hybridized carbons (Fsp3) is 0.467. The fourth-order valence-corrected chi connectivity index (χ4v) is 4.50. The molecule has 0 saturated carbocycles. The molecule has 0 spiro atoms. The second-order valence-electron chi connectivity index (χ2n) is 10.9. The second-order valence-corrected chi connectivity index (χ2v) is 11.3. The molecule has 0 bridgehead atoms. The van der Waals surface area contributed by atoms with E-state index >= 15 is 0 Å². The second kappa shape index (κ2) is 14.2. The number of primary amides is 1. The topological polar surface area (TPSA) is 131 Å². The van der Waals surface area contributed by atoms with E-state index in [-0.39, 0.29) is 6.54 Å². The van der Waals surface area contributed by atoms with Gasteiger partial charge in [-0.1, -0.05) is 60.8 Å². The number of halogens is 1. The molecule has 0 aromatic heterocycles. The maximum absolute atomic E-state index is 14.1. The number of hydrogen-bond donors (Lipinski definition) is 3. The molecular formula is C30H41ClN4O5. The summed E-state index contributed by atoms with van der Waals surface area (Å²) in [6.07, 6.45) is -0.0386. The minimum absolute atomic E-state index is 0.188. The van der Waals surface area contributed by atoms with Crippen LogP contribution in [0.5, 0.6) is 0 Å². The molecule has 0 aliphatic rings. The van der Waals surface area contributed by atoms with E-state index in [0.717, 1.165) is 23.1 Å². The molecule has 2 unspecified atom stereocenters. The van der Waals surface area contributed by atoms with Crippen molar-refractivity contribution < 1.29 is 23.9 Å². The molecule has 2 atom stereocenters. The number of nitrogens with two attached hydrogens (primary N) is 1. The number of aryl methyl sites for hydroxylation is 3. The molecule has 2 aromatic rings. The molecule has 0 radical (unpaired) electrons. The summed E-state index contributed by atoms with van der Waals surface area (Å²) in [6, 6.07) is 8.50. The first-order chi connectivity index (χ1) is 18.6. The van der Waals surface area contributed by atoms with Gasteiger partial charge in [-0.25, -0.2) is 4.79 Å². The van der Waals surface area contributed by atoms with Crippen LogP contribution in [0.4, 0.5) is 10.5 Å². The SMILES string of the molecule is CCCCN(C(=O)C(CC(N)=O)NC(=O)OC(C)(C)C)C(C(=O)Nc1c(C)cccc1Cl)c1cc(C)ccc1C. The molecule has 2 rings (SSSR count). The Hall–Kier alpha value is -3.59. The van der Waals surface area contributed by atoms with Crippen LogP contribution >= 0.6 is 11.6 Å². The first kappa shape index (κ1) is 32.6. The molecule has 0 aliphatic carbocycles. The van der Waals surface area contributed by atoms with Crippen molar-refractivity contribution in [2.75, 3.05) is 11.9 Å². The molecule has 0 fully saturated rings. The highest BCUT2D eigenvalue weighted by molar-refractivity contribution is 6.34. The van der Waals surface area contributed by atoms with Crippen molar-refractivity contribution in [3.8, 4) is 0 Å². The van der Waals surface area contributed by atoms with Crippen LogP contribution in [0, 0.1) is 20.8 Å². The van der Waals surface area contributed by atoms with Crippen molar-refractivity contribution in [3.05, 3.63) is 63.7 Å². The number of rotatable bonds is 11. The smallest absolute Gasteiger partial charge is 0.408 e. The van der Waals surface area contributed by atoms with Gasteiger partial charge in [0.05, 0.1) is 17.1 Å². The van der Waals surface area contributed by atoms with E-state index in [0.29, 0.717) is 22.7 Å². The van der Waals surface area contributed by atoms with Crippen molar-refractivity contribution in [3.63, 3.8) is 0 Å². The monoisotopic (exact) mass is 572 g/mol. The van der Waals surface area contributed by atoms with Crippen molar-refractivity contribution in [1.29, 1.82) is 0 Å². The number of benzene rings is 2. The summed E-state index contributed by atoms with van der Waals surface area (Å²) in [5.74, 6) is -1.90. The van der Waals surface area contributed by atoms with E-state index in [1.165, 1.54) is 4.90 Å². The molecule has 0 saturated heterocycles. The molecule has 4 amide bonds. The number of hydrogen-bond acceptors (Lipinski definition) is 5. The average molecular weight is 573 g/mol. The summed E-state index contributed by atoms with van der Waals surface area (Å²) in [4.78, 5) is 54.2. The number of amides is 4.